The van der Waals surface area contributed by atoms with E-state index in [9.17, 15) is 4.79 Å². The summed E-state index contributed by atoms with van der Waals surface area (Å²) in [5.74, 6) is 2.37. The van der Waals surface area contributed by atoms with Crippen molar-refractivity contribution in [3.63, 3.8) is 0 Å². The van der Waals surface area contributed by atoms with Crippen LogP contribution in [0.2, 0.25) is 0 Å². The molecule has 4 unspecified atom stereocenters. The summed E-state index contributed by atoms with van der Waals surface area (Å²) in [5, 5.41) is 0. The number of rotatable bonds is 2. The fourth-order valence-corrected chi connectivity index (χ4v) is 3.44. The van der Waals surface area contributed by atoms with Crippen LogP contribution in [0.25, 0.3) is 0 Å². The number of ether oxygens (including phenoxy) is 1. The first-order valence-corrected chi connectivity index (χ1v) is 6.92. The Hall–Kier alpha value is -0.790. The van der Waals surface area contributed by atoms with Crippen molar-refractivity contribution >= 4 is 5.97 Å². The average Bonchev–Trinajstić information content (AvgIpc) is 2.29. The van der Waals surface area contributed by atoms with Crippen LogP contribution in [0.3, 0.4) is 0 Å². The van der Waals surface area contributed by atoms with Gasteiger partial charge in [0.25, 0.3) is 0 Å². The maximum Gasteiger partial charge on any atom is 0.333 e. The van der Waals surface area contributed by atoms with Crippen LogP contribution in [0, 0.1) is 17.8 Å². The third kappa shape index (κ3) is 3.11. The topological polar surface area (TPSA) is 26.3 Å². The van der Waals surface area contributed by atoms with Crippen molar-refractivity contribution in [1.29, 1.82) is 0 Å². The molecule has 2 heteroatoms. The van der Waals surface area contributed by atoms with Crippen molar-refractivity contribution in [1.82, 2.24) is 0 Å². The number of hydrogen-bond donors (Lipinski definition) is 0. The largest absolute Gasteiger partial charge is 0.459 e. The summed E-state index contributed by atoms with van der Waals surface area (Å²) >= 11 is 0. The van der Waals surface area contributed by atoms with Gasteiger partial charge in [0.2, 0.25) is 0 Å². The van der Waals surface area contributed by atoms with Crippen LogP contribution in [0.5, 0.6) is 0 Å². The summed E-state index contributed by atoms with van der Waals surface area (Å²) in [6.07, 6.45) is 7.57. The Bertz CT molecular complexity index is 308. The third-order valence-corrected chi connectivity index (χ3v) is 4.45. The Balaban J connectivity index is 1.86. The van der Waals surface area contributed by atoms with Crippen LogP contribution < -0.4 is 0 Å². The molecular formula is C15H24O2. The standard InChI is InChI=1S/C15H24O2/c1-10(2)15(16)17-14-7-6-12-8-11(3)4-5-13(12)9-14/h11-14H,1,4-9H2,2-3H3. The molecule has 2 fully saturated rings. The maximum atomic E-state index is 11.5. The lowest BCUT2D eigenvalue weighted by Gasteiger charge is -2.41. The van der Waals surface area contributed by atoms with Gasteiger partial charge in [-0.2, -0.15) is 0 Å². The molecule has 0 aliphatic heterocycles. The van der Waals surface area contributed by atoms with E-state index in [-0.39, 0.29) is 12.1 Å². The fraction of sp³-hybridized carbons (Fsp3) is 0.800. The number of carbonyl (C=O) groups is 1. The van der Waals surface area contributed by atoms with Gasteiger partial charge in [-0.25, -0.2) is 4.79 Å². The SMILES string of the molecule is C=C(C)C(=O)OC1CCC2CC(C)CCC2C1. The quantitative estimate of drug-likeness (QED) is 0.539. The van der Waals surface area contributed by atoms with Crippen molar-refractivity contribution < 1.29 is 9.53 Å². The molecule has 2 rings (SSSR count). The molecular weight excluding hydrogens is 212 g/mol. The van der Waals surface area contributed by atoms with Gasteiger partial charge in [0.15, 0.2) is 0 Å². The lowest BCUT2D eigenvalue weighted by Crippen LogP contribution is -2.34. The zero-order chi connectivity index (χ0) is 12.4. The maximum absolute atomic E-state index is 11.5. The molecule has 0 aromatic carbocycles. The van der Waals surface area contributed by atoms with Crippen LogP contribution >= 0.6 is 0 Å². The molecule has 0 spiro atoms. The van der Waals surface area contributed by atoms with Gasteiger partial charge in [-0.1, -0.05) is 19.9 Å². The predicted molar refractivity (Wildman–Crippen MR) is 68.5 cm³/mol. The first-order valence-electron chi connectivity index (χ1n) is 6.92. The van der Waals surface area contributed by atoms with Crippen molar-refractivity contribution in [2.24, 2.45) is 17.8 Å². The van der Waals surface area contributed by atoms with E-state index in [0.717, 1.165) is 30.6 Å². The van der Waals surface area contributed by atoms with Gasteiger partial charge in [-0.15, -0.1) is 0 Å². The summed E-state index contributed by atoms with van der Waals surface area (Å²) in [6.45, 7) is 7.72. The molecule has 0 heterocycles. The molecule has 2 nitrogen and oxygen atoms in total. The Morgan fingerprint density at radius 3 is 2.47 bits per heavy atom. The Kier molecular flexibility index (Phi) is 3.90. The molecule has 0 radical (unpaired) electrons. The summed E-state index contributed by atoms with van der Waals surface area (Å²) in [4.78, 5) is 11.5. The van der Waals surface area contributed by atoms with Crippen molar-refractivity contribution in [2.45, 2.75) is 58.5 Å². The van der Waals surface area contributed by atoms with E-state index in [1.807, 2.05) is 0 Å². The van der Waals surface area contributed by atoms with Crippen molar-refractivity contribution in [3.05, 3.63) is 12.2 Å². The summed E-state index contributed by atoms with van der Waals surface area (Å²) < 4.78 is 5.49. The first-order chi connectivity index (χ1) is 8.06. The highest BCUT2D eigenvalue weighted by Crippen LogP contribution is 2.43. The van der Waals surface area contributed by atoms with E-state index in [4.69, 9.17) is 4.74 Å². The van der Waals surface area contributed by atoms with Gasteiger partial charge < -0.3 is 4.74 Å². The van der Waals surface area contributed by atoms with Gasteiger partial charge in [0.1, 0.15) is 6.10 Å². The Morgan fingerprint density at radius 1 is 1.12 bits per heavy atom. The highest BCUT2D eigenvalue weighted by atomic mass is 16.5. The zero-order valence-corrected chi connectivity index (χ0v) is 11.1. The molecule has 0 aromatic rings. The molecule has 4 atom stereocenters. The first kappa shape index (κ1) is 12.7. The lowest BCUT2D eigenvalue weighted by molar-refractivity contribution is -0.147. The molecule has 17 heavy (non-hydrogen) atoms. The molecule has 0 aromatic heterocycles. The minimum absolute atomic E-state index is 0.147. The van der Waals surface area contributed by atoms with E-state index in [1.54, 1.807) is 6.92 Å². The highest BCUT2D eigenvalue weighted by Gasteiger charge is 2.35. The highest BCUT2D eigenvalue weighted by molar-refractivity contribution is 5.87. The zero-order valence-electron chi connectivity index (χ0n) is 11.1. The summed E-state index contributed by atoms with van der Waals surface area (Å²) in [6, 6.07) is 0. The minimum atomic E-state index is -0.211. The van der Waals surface area contributed by atoms with Crippen LogP contribution in [-0.2, 0) is 9.53 Å². The predicted octanol–water partition coefficient (Wildman–Crippen LogP) is 3.71. The fourth-order valence-electron chi connectivity index (χ4n) is 3.44. The average molecular weight is 236 g/mol. The number of fused-ring (bicyclic) bond motifs is 1. The monoisotopic (exact) mass is 236 g/mol. The van der Waals surface area contributed by atoms with Crippen LogP contribution in [0.1, 0.15) is 52.4 Å². The molecule has 0 amide bonds. The van der Waals surface area contributed by atoms with Gasteiger partial charge in [0.05, 0.1) is 0 Å². The summed E-state index contributed by atoms with van der Waals surface area (Å²) in [5.41, 5.74) is 0.518. The van der Waals surface area contributed by atoms with Crippen molar-refractivity contribution in [3.8, 4) is 0 Å². The van der Waals surface area contributed by atoms with Gasteiger partial charge >= 0.3 is 5.97 Å². The molecule has 0 bridgehead atoms. The van der Waals surface area contributed by atoms with Gasteiger partial charge in [0, 0.05) is 5.57 Å². The lowest BCUT2D eigenvalue weighted by atomic mass is 9.67. The molecule has 96 valence electrons. The summed E-state index contributed by atoms with van der Waals surface area (Å²) in [7, 11) is 0. The van der Waals surface area contributed by atoms with E-state index in [2.05, 4.69) is 13.5 Å². The molecule has 2 aliphatic carbocycles. The smallest absolute Gasteiger partial charge is 0.333 e. The van der Waals surface area contributed by atoms with E-state index in [0.29, 0.717) is 5.57 Å². The van der Waals surface area contributed by atoms with Crippen LogP contribution in [-0.4, -0.2) is 12.1 Å². The minimum Gasteiger partial charge on any atom is -0.459 e. The van der Waals surface area contributed by atoms with Gasteiger partial charge in [-0.3, -0.25) is 0 Å². The third-order valence-electron chi connectivity index (χ3n) is 4.45. The number of esters is 1. The van der Waals surface area contributed by atoms with Crippen molar-refractivity contribution in [2.75, 3.05) is 0 Å². The molecule has 2 saturated carbocycles. The van der Waals surface area contributed by atoms with Gasteiger partial charge in [-0.05, 0) is 56.8 Å². The van der Waals surface area contributed by atoms with Crippen LogP contribution in [0.15, 0.2) is 12.2 Å². The number of hydrogen-bond acceptors (Lipinski definition) is 2. The number of carbonyl (C=O) groups excluding carboxylic acids is 1. The van der Waals surface area contributed by atoms with E-state index >= 15 is 0 Å². The second kappa shape index (κ2) is 5.24. The Labute approximate surface area is 104 Å². The second-order valence-electron chi connectivity index (χ2n) is 6.06. The van der Waals surface area contributed by atoms with E-state index in [1.165, 1.54) is 25.7 Å². The molecule has 0 saturated heterocycles. The second-order valence-corrected chi connectivity index (χ2v) is 6.06. The Morgan fingerprint density at radius 2 is 1.76 bits per heavy atom. The van der Waals surface area contributed by atoms with Crippen LogP contribution in [0.4, 0.5) is 0 Å². The molecule has 2 aliphatic rings. The normalized spacial score (nSPS) is 37.1. The van der Waals surface area contributed by atoms with E-state index < -0.39 is 0 Å². The molecule has 0 N–H and O–H groups in total.